The summed E-state index contributed by atoms with van der Waals surface area (Å²) in [6, 6.07) is 8.21. The minimum Gasteiger partial charge on any atom is -0.505 e. The van der Waals surface area contributed by atoms with E-state index in [0.717, 1.165) is 18.2 Å². The molecule has 2 aliphatic rings. The zero-order valence-electron chi connectivity index (χ0n) is 15.7. The predicted molar refractivity (Wildman–Crippen MR) is 106 cm³/mol. The van der Waals surface area contributed by atoms with E-state index in [0.29, 0.717) is 39.5 Å². The van der Waals surface area contributed by atoms with Crippen molar-refractivity contribution >= 4 is 17.3 Å². The van der Waals surface area contributed by atoms with Gasteiger partial charge in [0.2, 0.25) is 5.43 Å². The molecule has 2 aromatic carbocycles. The predicted octanol–water partition coefficient (Wildman–Crippen LogP) is 5.23. The van der Waals surface area contributed by atoms with Crippen molar-refractivity contribution < 1.29 is 23.1 Å². The molecule has 0 atom stereocenters. The lowest BCUT2D eigenvalue weighted by Gasteiger charge is -2.19. The van der Waals surface area contributed by atoms with Crippen molar-refractivity contribution in [2.24, 2.45) is 0 Å². The van der Waals surface area contributed by atoms with Crippen molar-refractivity contribution in [1.29, 1.82) is 0 Å². The highest BCUT2D eigenvalue weighted by Crippen LogP contribution is 2.44. The minimum absolute atomic E-state index is 0.124. The second-order valence-corrected chi connectivity index (χ2v) is 6.86. The fourth-order valence-electron chi connectivity index (χ4n) is 3.71. The number of benzene rings is 3. The van der Waals surface area contributed by atoms with E-state index in [2.05, 4.69) is 0 Å². The summed E-state index contributed by atoms with van der Waals surface area (Å²) in [6.45, 7) is 3.51. The Labute approximate surface area is 164 Å². The topological polar surface area (TPSA) is 67.5 Å². The van der Waals surface area contributed by atoms with Gasteiger partial charge in [-0.05, 0) is 42.7 Å². The number of phenols is 1. The van der Waals surface area contributed by atoms with Gasteiger partial charge in [-0.1, -0.05) is 19.1 Å². The SMILES string of the molecule is CCc1c(O)c(F)cc2c(-c3ccc(C=O)cc3C)c3cc(F)c(=O)cc-3oc12. The van der Waals surface area contributed by atoms with Gasteiger partial charge in [-0.2, -0.15) is 0 Å². The van der Waals surface area contributed by atoms with Gasteiger partial charge in [-0.15, -0.1) is 0 Å². The molecule has 4 nitrogen and oxygen atoms in total. The molecule has 0 unspecified atom stereocenters. The fraction of sp³-hybridized carbons (Fsp3) is 0.130. The van der Waals surface area contributed by atoms with Crippen LogP contribution in [0.2, 0.25) is 0 Å². The van der Waals surface area contributed by atoms with Crippen molar-refractivity contribution in [2.75, 3.05) is 0 Å². The van der Waals surface area contributed by atoms with Crippen LogP contribution in [0.4, 0.5) is 8.78 Å². The van der Waals surface area contributed by atoms with Crippen molar-refractivity contribution in [2.45, 2.75) is 20.3 Å². The van der Waals surface area contributed by atoms with Crippen molar-refractivity contribution in [1.82, 2.24) is 0 Å². The molecule has 1 N–H and O–H groups in total. The highest BCUT2D eigenvalue weighted by Gasteiger charge is 2.24. The number of hydrogen-bond donors (Lipinski definition) is 1. The molecular formula is C23H16F2O4. The van der Waals surface area contributed by atoms with Gasteiger partial charge in [0.1, 0.15) is 17.6 Å². The largest absolute Gasteiger partial charge is 0.505 e. The molecule has 29 heavy (non-hydrogen) atoms. The molecule has 0 bridgehead atoms. The van der Waals surface area contributed by atoms with Gasteiger partial charge in [0.25, 0.3) is 0 Å². The normalized spacial score (nSPS) is 11.3. The molecule has 146 valence electrons. The number of carbonyl (C=O) groups is 1. The highest BCUT2D eigenvalue weighted by molar-refractivity contribution is 6.04. The van der Waals surface area contributed by atoms with E-state index in [9.17, 15) is 23.5 Å². The summed E-state index contributed by atoms with van der Waals surface area (Å²) in [6.07, 6.45) is 0.993. The lowest BCUT2D eigenvalue weighted by atomic mass is 9.89. The third-order valence-electron chi connectivity index (χ3n) is 5.10. The maximum atomic E-state index is 14.5. The zero-order chi connectivity index (χ0) is 20.9. The van der Waals surface area contributed by atoms with Crippen LogP contribution < -0.4 is 5.43 Å². The average Bonchev–Trinajstić information content (AvgIpc) is 2.69. The molecular weight excluding hydrogens is 378 g/mol. The Bertz CT molecular complexity index is 1320. The van der Waals surface area contributed by atoms with Crippen LogP contribution in [0.15, 0.2) is 45.6 Å². The quantitative estimate of drug-likeness (QED) is 0.382. The Morgan fingerprint density at radius 2 is 1.83 bits per heavy atom. The van der Waals surface area contributed by atoms with E-state index in [-0.39, 0.29) is 23.3 Å². The molecule has 1 aliphatic heterocycles. The van der Waals surface area contributed by atoms with Crippen LogP contribution >= 0.6 is 0 Å². The second kappa shape index (κ2) is 6.81. The number of rotatable bonds is 3. The summed E-state index contributed by atoms with van der Waals surface area (Å²) >= 11 is 0. The van der Waals surface area contributed by atoms with Crippen LogP contribution in [-0.4, -0.2) is 11.4 Å². The number of carbonyl (C=O) groups excluding carboxylic acids is 1. The van der Waals surface area contributed by atoms with Gasteiger partial charge >= 0.3 is 0 Å². The number of phenolic OH excluding ortho intramolecular Hbond substituents is 1. The number of aryl methyl sites for hydroxylation is 2. The molecule has 6 heteroatoms. The standard InChI is InChI=1S/C23H16F2O4/c1-3-13-22(28)18(25)8-16-21(14-5-4-12(10-26)6-11(14)2)15-7-17(24)19(27)9-20(15)29-23(13)16/h4-10,28H,3H2,1-2H3. The second-order valence-electron chi connectivity index (χ2n) is 6.86. The Morgan fingerprint density at radius 1 is 1.07 bits per heavy atom. The molecule has 0 amide bonds. The molecule has 0 spiro atoms. The van der Waals surface area contributed by atoms with Crippen LogP contribution in [0.1, 0.15) is 28.4 Å². The first-order valence-electron chi connectivity index (χ1n) is 9.02. The van der Waals surface area contributed by atoms with E-state index in [1.54, 1.807) is 32.0 Å². The lowest BCUT2D eigenvalue weighted by molar-refractivity contribution is 0.112. The van der Waals surface area contributed by atoms with E-state index < -0.39 is 22.8 Å². The molecule has 0 radical (unpaired) electrons. The summed E-state index contributed by atoms with van der Waals surface area (Å²) in [5, 5.41) is 10.5. The van der Waals surface area contributed by atoms with Crippen LogP contribution in [0.25, 0.3) is 33.4 Å². The Kier molecular flexibility index (Phi) is 4.42. The first kappa shape index (κ1) is 18.8. The molecule has 0 fully saturated rings. The summed E-state index contributed by atoms with van der Waals surface area (Å²) in [5.41, 5.74) is 2.21. The van der Waals surface area contributed by atoms with E-state index in [4.69, 9.17) is 4.42 Å². The van der Waals surface area contributed by atoms with Gasteiger partial charge in [0, 0.05) is 33.7 Å². The Morgan fingerprint density at radius 3 is 2.48 bits per heavy atom. The molecule has 0 saturated heterocycles. The van der Waals surface area contributed by atoms with E-state index in [1.807, 2.05) is 0 Å². The van der Waals surface area contributed by atoms with Crippen molar-refractivity contribution in [3.8, 4) is 28.2 Å². The van der Waals surface area contributed by atoms with Crippen LogP contribution in [-0.2, 0) is 6.42 Å². The van der Waals surface area contributed by atoms with Gasteiger partial charge in [-0.3, -0.25) is 9.59 Å². The first-order valence-corrected chi connectivity index (χ1v) is 9.02. The third-order valence-corrected chi connectivity index (χ3v) is 5.10. The monoisotopic (exact) mass is 394 g/mol. The Hall–Kier alpha value is -3.54. The van der Waals surface area contributed by atoms with E-state index in [1.165, 1.54) is 0 Å². The molecule has 0 saturated carbocycles. The van der Waals surface area contributed by atoms with Gasteiger partial charge < -0.3 is 9.52 Å². The minimum atomic E-state index is -0.953. The lowest BCUT2D eigenvalue weighted by Crippen LogP contribution is -2.07. The zero-order valence-corrected chi connectivity index (χ0v) is 15.7. The van der Waals surface area contributed by atoms with Crippen molar-refractivity contribution in [3.63, 3.8) is 0 Å². The Balaban J connectivity index is 2.26. The molecule has 1 heterocycles. The fourth-order valence-corrected chi connectivity index (χ4v) is 3.71. The smallest absolute Gasteiger partial charge is 0.217 e. The molecule has 2 aromatic rings. The summed E-state index contributed by atoms with van der Waals surface area (Å²) in [5.74, 6) is -2.18. The summed E-state index contributed by atoms with van der Waals surface area (Å²) in [7, 11) is 0. The summed E-state index contributed by atoms with van der Waals surface area (Å²) in [4.78, 5) is 23.0. The number of hydrogen-bond acceptors (Lipinski definition) is 4. The summed E-state index contributed by atoms with van der Waals surface area (Å²) < 4.78 is 34.5. The number of aldehydes is 1. The third kappa shape index (κ3) is 2.88. The van der Waals surface area contributed by atoms with Gasteiger partial charge in [-0.25, -0.2) is 8.78 Å². The van der Waals surface area contributed by atoms with Crippen LogP contribution in [0.3, 0.4) is 0 Å². The van der Waals surface area contributed by atoms with Crippen LogP contribution in [0, 0.1) is 18.6 Å². The maximum Gasteiger partial charge on any atom is 0.217 e. The van der Waals surface area contributed by atoms with Crippen molar-refractivity contribution in [3.05, 3.63) is 74.9 Å². The van der Waals surface area contributed by atoms with Gasteiger partial charge in [0.05, 0.1) is 0 Å². The molecule has 1 aliphatic carbocycles. The number of halogens is 2. The van der Waals surface area contributed by atoms with Gasteiger partial charge in [0.15, 0.2) is 17.4 Å². The van der Waals surface area contributed by atoms with Crippen LogP contribution in [0.5, 0.6) is 5.75 Å². The number of fused-ring (bicyclic) bond motifs is 2. The van der Waals surface area contributed by atoms with E-state index >= 15 is 0 Å². The first-order chi connectivity index (χ1) is 13.8. The molecule has 0 aromatic heterocycles. The molecule has 4 rings (SSSR count). The highest BCUT2D eigenvalue weighted by atomic mass is 19.1. The maximum absolute atomic E-state index is 14.5. The number of aromatic hydroxyl groups is 1. The average molecular weight is 394 g/mol.